The number of Topliss-reactive ketones (excluding diaryl/α,β-unsaturated/α-hetero) is 1. The Morgan fingerprint density at radius 1 is 0.885 bits per heavy atom. The Labute approximate surface area is 152 Å². The number of amides is 1. The summed E-state index contributed by atoms with van der Waals surface area (Å²) in [5.74, 6) is -0.248. The lowest BCUT2D eigenvalue weighted by Crippen LogP contribution is -2.13. The lowest BCUT2D eigenvalue weighted by Gasteiger charge is -2.09. The molecule has 0 unspecified atom stereocenters. The zero-order chi connectivity index (χ0) is 18.5. The topological polar surface area (TPSA) is 71.1 Å². The lowest BCUT2D eigenvalue weighted by molar-refractivity contribution is 0.101. The predicted molar refractivity (Wildman–Crippen MR) is 103 cm³/mol. The molecule has 0 fully saturated rings. The second kappa shape index (κ2) is 7.61. The number of ketones is 1. The molecule has 3 rings (SSSR count). The molecule has 0 spiro atoms. The van der Waals surface area contributed by atoms with Crippen LogP contribution >= 0.6 is 0 Å². The minimum absolute atomic E-state index is 0.0237. The normalized spacial score (nSPS) is 10.2. The van der Waals surface area contributed by atoms with E-state index in [1.807, 2.05) is 43.3 Å². The fraction of sp³-hybridized carbons (Fsp3) is 0.0952. The molecular formula is C21H19N3O2. The van der Waals surface area contributed by atoms with Gasteiger partial charge in [-0.2, -0.15) is 0 Å². The van der Waals surface area contributed by atoms with E-state index in [0.717, 1.165) is 22.6 Å². The quantitative estimate of drug-likeness (QED) is 0.664. The molecule has 0 aliphatic heterocycles. The fourth-order valence-electron chi connectivity index (χ4n) is 2.51. The standard InChI is InChI=1S/C21H19N3O2/c1-14-4-3-5-18(12-14)24-21(26)20-13-19(10-11-22-20)23-17-8-6-16(7-9-17)15(2)25/h3-13H,1-2H3,(H,22,23)(H,24,26). The van der Waals surface area contributed by atoms with Crippen LogP contribution in [0, 0.1) is 6.92 Å². The second-order valence-corrected chi connectivity index (χ2v) is 6.01. The molecule has 3 aromatic rings. The van der Waals surface area contributed by atoms with Crippen LogP contribution in [-0.2, 0) is 0 Å². The van der Waals surface area contributed by atoms with E-state index in [9.17, 15) is 9.59 Å². The van der Waals surface area contributed by atoms with Crippen LogP contribution in [0.4, 0.5) is 17.1 Å². The maximum absolute atomic E-state index is 12.4. The molecule has 0 atom stereocenters. The summed E-state index contributed by atoms with van der Waals surface area (Å²) in [6.07, 6.45) is 1.58. The molecule has 0 aliphatic carbocycles. The molecule has 1 amide bonds. The molecule has 26 heavy (non-hydrogen) atoms. The van der Waals surface area contributed by atoms with E-state index in [4.69, 9.17) is 0 Å². The molecule has 0 aliphatic rings. The number of nitrogens with zero attached hydrogens (tertiary/aromatic N) is 1. The van der Waals surface area contributed by atoms with Crippen LogP contribution in [0.3, 0.4) is 0 Å². The van der Waals surface area contributed by atoms with E-state index in [0.29, 0.717) is 11.3 Å². The van der Waals surface area contributed by atoms with Crippen molar-refractivity contribution in [2.75, 3.05) is 10.6 Å². The van der Waals surface area contributed by atoms with E-state index in [1.54, 1.807) is 30.5 Å². The van der Waals surface area contributed by atoms with Gasteiger partial charge in [-0.1, -0.05) is 12.1 Å². The van der Waals surface area contributed by atoms with E-state index < -0.39 is 0 Å². The van der Waals surface area contributed by atoms with Gasteiger partial charge in [-0.25, -0.2) is 0 Å². The highest BCUT2D eigenvalue weighted by Gasteiger charge is 2.09. The lowest BCUT2D eigenvalue weighted by atomic mass is 10.1. The number of aromatic nitrogens is 1. The van der Waals surface area contributed by atoms with Crippen molar-refractivity contribution in [3.05, 3.63) is 83.7 Å². The average Bonchev–Trinajstić information content (AvgIpc) is 2.62. The summed E-state index contributed by atoms with van der Waals surface area (Å²) in [6, 6.07) is 18.2. The summed E-state index contributed by atoms with van der Waals surface area (Å²) in [7, 11) is 0. The number of carbonyl (C=O) groups excluding carboxylic acids is 2. The van der Waals surface area contributed by atoms with Gasteiger partial charge in [0.25, 0.3) is 5.91 Å². The summed E-state index contributed by atoms with van der Waals surface area (Å²) in [6.45, 7) is 3.50. The van der Waals surface area contributed by atoms with Gasteiger partial charge < -0.3 is 10.6 Å². The fourth-order valence-corrected chi connectivity index (χ4v) is 2.51. The summed E-state index contributed by atoms with van der Waals surface area (Å²) in [5.41, 5.74) is 4.34. The number of rotatable bonds is 5. The Morgan fingerprint density at radius 3 is 2.35 bits per heavy atom. The van der Waals surface area contributed by atoms with Gasteiger partial charge in [0.15, 0.2) is 5.78 Å². The smallest absolute Gasteiger partial charge is 0.274 e. The monoisotopic (exact) mass is 345 g/mol. The molecule has 1 heterocycles. The van der Waals surface area contributed by atoms with Crippen molar-refractivity contribution in [1.82, 2.24) is 4.98 Å². The third-order valence-electron chi connectivity index (χ3n) is 3.85. The van der Waals surface area contributed by atoms with E-state index in [1.165, 1.54) is 6.92 Å². The van der Waals surface area contributed by atoms with E-state index in [2.05, 4.69) is 15.6 Å². The first-order valence-corrected chi connectivity index (χ1v) is 8.23. The zero-order valence-electron chi connectivity index (χ0n) is 14.6. The van der Waals surface area contributed by atoms with Crippen molar-refractivity contribution in [2.24, 2.45) is 0 Å². The minimum atomic E-state index is -0.272. The minimum Gasteiger partial charge on any atom is -0.355 e. The Morgan fingerprint density at radius 2 is 1.65 bits per heavy atom. The molecule has 2 aromatic carbocycles. The first kappa shape index (κ1) is 17.4. The number of hydrogen-bond acceptors (Lipinski definition) is 4. The Balaban J connectivity index is 1.73. The number of benzene rings is 2. The zero-order valence-corrected chi connectivity index (χ0v) is 14.6. The van der Waals surface area contributed by atoms with Crippen molar-refractivity contribution in [3.8, 4) is 0 Å². The van der Waals surface area contributed by atoms with Crippen LogP contribution in [0.1, 0.15) is 33.3 Å². The number of nitrogens with one attached hydrogen (secondary N) is 2. The average molecular weight is 345 g/mol. The predicted octanol–water partition coefficient (Wildman–Crippen LogP) is 4.59. The van der Waals surface area contributed by atoms with Gasteiger partial charge in [0.2, 0.25) is 0 Å². The molecular weight excluding hydrogens is 326 g/mol. The van der Waals surface area contributed by atoms with Crippen LogP contribution in [0.25, 0.3) is 0 Å². The number of pyridine rings is 1. The molecule has 130 valence electrons. The summed E-state index contributed by atoms with van der Waals surface area (Å²) in [5, 5.41) is 6.05. The third kappa shape index (κ3) is 4.33. The van der Waals surface area contributed by atoms with Gasteiger partial charge in [-0.05, 0) is 67.9 Å². The van der Waals surface area contributed by atoms with Crippen LogP contribution in [0.2, 0.25) is 0 Å². The largest absolute Gasteiger partial charge is 0.355 e. The van der Waals surface area contributed by atoms with Gasteiger partial charge in [0, 0.05) is 28.8 Å². The van der Waals surface area contributed by atoms with Gasteiger partial charge >= 0.3 is 0 Å². The van der Waals surface area contributed by atoms with Crippen molar-refractivity contribution in [1.29, 1.82) is 0 Å². The Hall–Kier alpha value is -3.47. The maximum Gasteiger partial charge on any atom is 0.274 e. The SMILES string of the molecule is CC(=O)c1ccc(Nc2ccnc(C(=O)Nc3cccc(C)c3)c2)cc1. The summed E-state index contributed by atoms with van der Waals surface area (Å²) >= 11 is 0. The second-order valence-electron chi connectivity index (χ2n) is 6.01. The maximum atomic E-state index is 12.4. The van der Waals surface area contributed by atoms with Crippen molar-refractivity contribution >= 4 is 28.8 Å². The Bertz CT molecular complexity index is 949. The van der Waals surface area contributed by atoms with Crippen LogP contribution in [-0.4, -0.2) is 16.7 Å². The van der Waals surface area contributed by atoms with Crippen molar-refractivity contribution < 1.29 is 9.59 Å². The van der Waals surface area contributed by atoms with Gasteiger partial charge in [-0.3, -0.25) is 14.6 Å². The summed E-state index contributed by atoms with van der Waals surface area (Å²) < 4.78 is 0. The van der Waals surface area contributed by atoms with Crippen LogP contribution in [0.15, 0.2) is 66.9 Å². The van der Waals surface area contributed by atoms with E-state index >= 15 is 0 Å². The molecule has 2 N–H and O–H groups in total. The number of aryl methyl sites for hydroxylation is 1. The Kier molecular flexibility index (Phi) is 5.08. The number of anilines is 3. The van der Waals surface area contributed by atoms with Gasteiger partial charge in [0.05, 0.1) is 0 Å². The van der Waals surface area contributed by atoms with Crippen molar-refractivity contribution in [2.45, 2.75) is 13.8 Å². The number of hydrogen-bond donors (Lipinski definition) is 2. The van der Waals surface area contributed by atoms with Crippen LogP contribution < -0.4 is 10.6 Å². The molecule has 0 bridgehead atoms. The molecule has 5 nitrogen and oxygen atoms in total. The number of carbonyl (C=O) groups is 2. The van der Waals surface area contributed by atoms with Crippen molar-refractivity contribution in [3.63, 3.8) is 0 Å². The first-order valence-electron chi connectivity index (χ1n) is 8.23. The van der Waals surface area contributed by atoms with Crippen LogP contribution in [0.5, 0.6) is 0 Å². The highest BCUT2D eigenvalue weighted by molar-refractivity contribution is 6.03. The summed E-state index contributed by atoms with van der Waals surface area (Å²) in [4.78, 5) is 27.9. The van der Waals surface area contributed by atoms with Gasteiger partial charge in [0.1, 0.15) is 5.69 Å². The third-order valence-corrected chi connectivity index (χ3v) is 3.85. The molecule has 5 heteroatoms. The highest BCUT2D eigenvalue weighted by Crippen LogP contribution is 2.18. The highest BCUT2D eigenvalue weighted by atomic mass is 16.2. The first-order chi connectivity index (χ1) is 12.5. The molecule has 0 saturated heterocycles. The molecule has 0 radical (unpaired) electrons. The van der Waals surface area contributed by atoms with E-state index in [-0.39, 0.29) is 11.7 Å². The molecule has 1 aromatic heterocycles. The molecule has 0 saturated carbocycles. The van der Waals surface area contributed by atoms with Gasteiger partial charge in [-0.15, -0.1) is 0 Å².